The Hall–Kier alpha value is -2.90. The van der Waals surface area contributed by atoms with E-state index in [1.165, 1.54) is 12.1 Å². The van der Waals surface area contributed by atoms with Gasteiger partial charge in [0.2, 0.25) is 0 Å². The highest BCUT2D eigenvalue weighted by Crippen LogP contribution is 2.32. The summed E-state index contributed by atoms with van der Waals surface area (Å²) in [6, 6.07) is 9.46. The molecule has 0 spiro atoms. The van der Waals surface area contributed by atoms with Crippen LogP contribution in [0, 0.1) is 0 Å². The largest absolute Gasteiger partial charge is 0.486 e. The van der Waals surface area contributed by atoms with Gasteiger partial charge in [-0.05, 0) is 42.3 Å². The molecule has 0 aliphatic carbocycles. The van der Waals surface area contributed by atoms with Crippen LogP contribution in [0.1, 0.15) is 29.7 Å². The van der Waals surface area contributed by atoms with E-state index in [0.717, 1.165) is 17.7 Å². The Labute approximate surface area is 154 Å². The Morgan fingerprint density at radius 1 is 1.11 bits per heavy atom. The van der Waals surface area contributed by atoms with Crippen LogP contribution >= 0.6 is 0 Å². The molecule has 2 aromatic rings. The fourth-order valence-electron chi connectivity index (χ4n) is 2.70. The van der Waals surface area contributed by atoms with Gasteiger partial charge in [0.05, 0.1) is 11.6 Å². The predicted molar refractivity (Wildman–Crippen MR) is 92.7 cm³/mol. The number of rotatable bonds is 4. The van der Waals surface area contributed by atoms with Gasteiger partial charge in [-0.1, -0.05) is 18.2 Å². The number of alkyl halides is 3. The molecule has 1 heterocycles. The van der Waals surface area contributed by atoms with E-state index >= 15 is 0 Å². The van der Waals surface area contributed by atoms with Crippen molar-refractivity contribution in [3.8, 4) is 11.5 Å². The highest BCUT2D eigenvalue weighted by atomic mass is 19.4. The van der Waals surface area contributed by atoms with Crippen molar-refractivity contribution >= 4 is 6.03 Å². The number of amides is 2. The summed E-state index contributed by atoms with van der Waals surface area (Å²) >= 11 is 0. The van der Waals surface area contributed by atoms with Gasteiger partial charge in [0, 0.05) is 6.54 Å². The summed E-state index contributed by atoms with van der Waals surface area (Å²) in [5.41, 5.74) is 0.451. The van der Waals surface area contributed by atoms with Crippen molar-refractivity contribution < 1.29 is 27.4 Å². The lowest BCUT2D eigenvalue weighted by Gasteiger charge is -2.21. The van der Waals surface area contributed by atoms with Crippen molar-refractivity contribution in [1.82, 2.24) is 10.6 Å². The Bertz CT molecular complexity index is 824. The summed E-state index contributed by atoms with van der Waals surface area (Å²) in [4.78, 5) is 12.1. The van der Waals surface area contributed by atoms with Crippen LogP contribution in [0.2, 0.25) is 0 Å². The van der Waals surface area contributed by atoms with Gasteiger partial charge in [-0.15, -0.1) is 0 Å². The van der Waals surface area contributed by atoms with Crippen LogP contribution in [0.5, 0.6) is 11.5 Å². The third kappa shape index (κ3) is 4.84. The van der Waals surface area contributed by atoms with Gasteiger partial charge < -0.3 is 20.1 Å². The lowest BCUT2D eigenvalue weighted by Crippen LogP contribution is -2.36. The van der Waals surface area contributed by atoms with Gasteiger partial charge >= 0.3 is 12.2 Å². The first-order valence-electron chi connectivity index (χ1n) is 8.43. The Balaban J connectivity index is 1.56. The third-order valence-corrected chi connectivity index (χ3v) is 4.12. The maximum Gasteiger partial charge on any atom is 0.416 e. The number of nitrogens with one attached hydrogen (secondary N) is 2. The van der Waals surface area contributed by atoms with Crippen molar-refractivity contribution in [1.29, 1.82) is 0 Å². The number of hydrogen-bond acceptors (Lipinski definition) is 3. The number of urea groups is 1. The first kappa shape index (κ1) is 18.9. The van der Waals surface area contributed by atoms with E-state index in [0.29, 0.717) is 30.3 Å². The average Bonchev–Trinajstić information content (AvgIpc) is 2.65. The molecule has 144 valence electrons. The van der Waals surface area contributed by atoms with E-state index in [-0.39, 0.29) is 12.6 Å². The smallest absolute Gasteiger partial charge is 0.416 e. The third-order valence-electron chi connectivity index (χ3n) is 4.12. The fourth-order valence-corrected chi connectivity index (χ4v) is 2.70. The fraction of sp³-hybridized carbons (Fsp3) is 0.316. The van der Waals surface area contributed by atoms with Crippen LogP contribution in [0.25, 0.3) is 0 Å². The molecule has 0 bridgehead atoms. The zero-order chi connectivity index (χ0) is 19.4. The molecule has 2 aromatic carbocycles. The molecule has 3 rings (SSSR count). The number of carbonyl (C=O) groups is 1. The lowest BCUT2D eigenvalue weighted by atomic mass is 10.1. The summed E-state index contributed by atoms with van der Waals surface area (Å²) in [5.74, 6) is 1.28. The first-order chi connectivity index (χ1) is 12.8. The van der Waals surface area contributed by atoms with Crippen molar-refractivity contribution in [3.63, 3.8) is 0 Å². The average molecular weight is 380 g/mol. The molecule has 1 atom stereocenters. The number of hydrogen-bond donors (Lipinski definition) is 2. The van der Waals surface area contributed by atoms with Crippen LogP contribution < -0.4 is 20.1 Å². The number of halogens is 3. The summed E-state index contributed by atoms with van der Waals surface area (Å²) in [6.45, 7) is 2.76. The second-order valence-electron chi connectivity index (χ2n) is 6.15. The SMILES string of the molecule is CC(NC(=O)NCc1cccc(C(F)(F)F)c1)c1ccc2c(c1)OCCO2. The van der Waals surface area contributed by atoms with E-state index in [9.17, 15) is 18.0 Å². The van der Waals surface area contributed by atoms with Gasteiger partial charge in [0.15, 0.2) is 11.5 Å². The minimum Gasteiger partial charge on any atom is -0.486 e. The number of benzene rings is 2. The van der Waals surface area contributed by atoms with Crippen LogP contribution in [0.15, 0.2) is 42.5 Å². The summed E-state index contributed by atoms with van der Waals surface area (Å²) in [6.07, 6.45) is -4.41. The minimum absolute atomic E-state index is 0.0103. The molecule has 0 fully saturated rings. The molecule has 2 amide bonds. The molecule has 5 nitrogen and oxygen atoms in total. The zero-order valence-electron chi connectivity index (χ0n) is 14.6. The number of fused-ring (bicyclic) bond motifs is 1. The Kier molecular flexibility index (Phi) is 5.43. The molecule has 1 unspecified atom stereocenters. The van der Waals surface area contributed by atoms with Crippen molar-refractivity contribution in [2.75, 3.05) is 13.2 Å². The van der Waals surface area contributed by atoms with Crippen molar-refractivity contribution in [2.45, 2.75) is 25.7 Å². The van der Waals surface area contributed by atoms with Gasteiger partial charge in [-0.2, -0.15) is 13.2 Å². The quantitative estimate of drug-likeness (QED) is 0.842. The monoisotopic (exact) mass is 380 g/mol. The highest BCUT2D eigenvalue weighted by molar-refractivity contribution is 5.74. The van der Waals surface area contributed by atoms with E-state index in [4.69, 9.17) is 9.47 Å². The molecular weight excluding hydrogens is 361 g/mol. The Morgan fingerprint density at radius 2 is 1.85 bits per heavy atom. The molecule has 2 N–H and O–H groups in total. The maximum absolute atomic E-state index is 12.7. The molecule has 1 aliphatic rings. The molecule has 1 aliphatic heterocycles. The molecule has 0 radical (unpaired) electrons. The topological polar surface area (TPSA) is 59.6 Å². The number of carbonyl (C=O) groups excluding carboxylic acids is 1. The molecular formula is C19H19F3N2O3. The molecule has 0 saturated carbocycles. The maximum atomic E-state index is 12.7. The van der Waals surface area contributed by atoms with E-state index in [1.807, 2.05) is 6.07 Å². The first-order valence-corrected chi connectivity index (χ1v) is 8.43. The van der Waals surface area contributed by atoms with Crippen LogP contribution in [0.3, 0.4) is 0 Å². The molecule has 0 saturated heterocycles. The molecule has 27 heavy (non-hydrogen) atoms. The Morgan fingerprint density at radius 3 is 2.59 bits per heavy atom. The van der Waals surface area contributed by atoms with Gasteiger partial charge in [0.25, 0.3) is 0 Å². The lowest BCUT2D eigenvalue weighted by molar-refractivity contribution is -0.137. The summed E-state index contributed by atoms with van der Waals surface area (Å²) < 4.78 is 49.2. The summed E-state index contributed by atoms with van der Waals surface area (Å²) in [5, 5.41) is 5.32. The number of ether oxygens (including phenoxy) is 2. The predicted octanol–water partition coefficient (Wildman–Crippen LogP) is 4.04. The normalized spacial score (nSPS) is 14.4. The highest BCUT2D eigenvalue weighted by Gasteiger charge is 2.30. The van der Waals surface area contributed by atoms with Crippen molar-refractivity contribution in [3.05, 3.63) is 59.2 Å². The zero-order valence-corrected chi connectivity index (χ0v) is 14.6. The van der Waals surface area contributed by atoms with Crippen LogP contribution in [0.4, 0.5) is 18.0 Å². The van der Waals surface area contributed by atoms with Crippen LogP contribution in [-0.4, -0.2) is 19.2 Å². The van der Waals surface area contributed by atoms with E-state index < -0.39 is 17.8 Å². The van der Waals surface area contributed by atoms with Gasteiger partial charge in [0.1, 0.15) is 13.2 Å². The second-order valence-corrected chi connectivity index (χ2v) is 6.15. The second kappa shape index (κ2) is 7.77. The van der Waals surface area contributed by atoms with Crippen molar-refractivity contribution in [2.24, 2.45) is 0 Å². The molecule has 8 heteroatoms. The van der Waals surface area contributed by atoms with Gasteiger partial charge in [-0.3, -0.25) is 0 Å². The van der Waals surface area contributed by atoms with E-state index in [1.54, 1.807) is 19.1 Å². The minimum atomic E-state index is -4.41. The van der Waals surface area contributed by atoms with Gasteiger partial charge in [-0.25, -0.2) is 4.79 Å². The molecule has 0 aromatic heterocycles. The van der Waals surface area contributed by atoms with E-state index in [2.05, 4.69) is 10.6 Å². The summed E-state index contributed by atoms with van der Waals surface area (Å²) in [7, 11) is 0. The standard InChI is InChI=1S/C19H19F3N2O3/c1-12(14-5-6-16-17(10-14)27-8-7-26-16)24-18(25)23-11-13-3-2-4-15(9-13)19(20,21)22/h2-6,9-10,12H,7-8,11H2,1H3,(H2,23,24,25). The van der Waals surface area contributed by atoms with Crippen LogP contribution in [-0.2, 0) is 12.7 Å².